The number of Topliss-reactive ketones (excluding diaryl/α,β-unsaturated/α-hetero) is 2. The highest BCUT2D eigenvalue weighted by atomic mass is 16.1. The van der Waals surface area contributed by atoms with Crippen LogP contribution < -0.4 is 0 Å². The number of carbonyl (C=O) groups is 2. The van der Waals surface area contributed by atoms with Crippen molar-refractivity contribution in [2.45, 2.75) is 54.4 Å². The Labute approximate surface area is 301 Å². The molecule has 4 rings (SSSR count). The highest BCUT2D eigenvalue weighted by Gasteiger charge is 2.20. The molecule has 0 heterocycles. The van der Waals surface area contributed by atoms with E-state index >= 15 is 0 Å². The Morgan fingerprint density at radius 2 is 1.14 bits per heavy atom. The highest BCUT2D eigenvalue weighted by Crippen LogP contribution is 2.34. The van der Waals surface area contributed by atoms with Crippen molar-refractivity contribution in [2.24, 2.45) is 0 Å². The summed E-state index contributed by atoms with van der Waals surface area (Å²) in [5.41, 5.74) is 5.93. The Kier molecular flexibility index (Phi) is 20.1. The Hall–Kier alpha value is -5.60. The van der Waals surface area contributed by atoms with Crippen molar-refractivity contribution in [2.75, 3.05) is 0 Å². The van der Waals surface area contributed by atoms with Crippen LogP contribution in [0.2, 0.25) is 0 Å². The first-order valence-corrected chi connectivity index (χ1v) is 17.1. The predicted octanol–water partition coefficient (Wildman–Crippen LogP) is 13.4. The van der Waals surface area contributed by atoms with Crippen molar-refractivity contribution in [1.29, 1.82) is 0 Å². The molecule has 258 valence electrons. The molecule has 0 unspecified atom stereocenters. The monoisotopic (exact) mass is 662 g/mol. The van der Waals surface area contributed by atoms with Crippen LogP contribution >= 0.6 is 0 Å². The number of allylic oxidation sites excluding steroid dienone is 12. The molecular formula is C48H54O2. The van der Waals surface area contributed by atoms with Gasteiger partial charge in [0, 0.05) is 5.57 Å². The SMILES string of the molecule is C=C/C=C(\C=C(\C=C)CC=C)C(=O)/C(=C/c1c2ccccc2c(C)c2ccccc12)C(C)=O.C=C/C=C(\C=C)CC.CC.Cc1ccccc1. The van der Waals surface area contributed by atoms with Crippen LogP contribution in [0.5, 0.6) is 0 Å². The fourth-order valence-electron chi connectivity index (χ4n) is 5.06. The molecule has 0 amide bonds. The third-order valence-corrected chi connectivity index (χ3v) is 7.64. The standard InChI is InChI=1S/C31H28O2.C8H12.C7H8.C2H6/c1-6-13-23(8-3)19-24(14-7-2)31(33)29(22(5)32)20-30-27-17-11-9-15-25(27)21(4)26-16-10-12-18-28(26)30;1-4-7-8(5-2)6-3;1-7-5-3-2-4-6-7;1-2/h6-12,14-20H,1-3,13H2,4-5H3;4-5,7H,1-2,6H2,3H3;2-6H,1H3;1-2H3/b23-19-,24-14+,29-20+;8-7+;;. The summed E-state index contributed by atoms with van der Waals surface area (Å²) in [7, 11) is 0. The van der Waals surface area contributed by atoms with Crippen molar-refractivity contribution in [3.63, 3.8) is 0 Å². The van der Waals surface area contributed by atoms with E-state index in [-0.39, 0.29) is 17.1 Å². The van der Waals surface area contributed by atoms with Gasteiger partial charge in [-0.1, -0.05) is 174 Å². The normalized spacial score (nSPS) is 11.4. The maximum atomic E-state index is 13.6. The summed E-state index contributed by atoms with van der Waals surface area (Å²) in [5, 5.41) is 4.20. The summed E-state index contributed by atoms with van der Waals surface area (Å²) in [6.07, 6.45) is 17.3. The summed E-state index contributed by atoms with van der Waals surface area (Å²) in [6, 6.07) is 26.4. The molecule has 0 saturated carbocycles. The Morgan fingerprint density at radius 3 is 1.50 bits per heavy atom. The van der Waals surface area contributed by atoms with Crippen LogP contribution in [0, 0.1) is 13.8 Å². The maximum absolute atomic E-state index is 13.6. The molecule has 0 aliphatic rings. The summed E-state index contributed by atoms with van der Waals surface area (Å²) in [4.78, 5) is 26.3. The number of benzene rings is 4. The van der Waals surface area contributed by atoms with Gasteiger partial charge in [0.1, 0.15) is 0 Å². The van der Waals surface area contributed by atoms with E-state index in [1.54, 1.807) is 42.5 Å². The second kappa shape index (κ2) is 23.7. The summed E-state index contributed by atoms with van der Waals surface area (Å²) >= 11 is 0. The quantitative estimate of drug-likeness (QED) is 0.0378. The molecule has 2 nitrogen and oxygen atoms in total. The van der Waals surface area contributed by atoms with Crippen molar-refractivity contribution in [3.05, 3.63) is 199 Å². The number of rotatable bonds is 12. The third kappa shape index (κ3) is 12.8. The predicted molar refractivity (Wildman–Crippen MR) is 223 cm³/mol. The van der Waals surface area contributed by atoms with Crippen LogP contribution in [0.4, 0.5) is 0 Å². The summed E-state index contributed by atoms with van der Waals surface area (Å²) < 4.78 is 0. The Morgan fingerprint density at radius 1 is 0.660 bits per heavy atom. The lowest BCUT2D eigenvalue weighted by Crippen LogP contribution is -2.12. The molecular weight excluding hydrogens is 609 g/mol. The van der Waals surface area contributed by atoms with Crippen LogP contribution in [0.3, 0.4) is 0 Å². The number of carbonyl (C=O) groups excluding carboxylic acids is 2. The van der Waals surface area contributed by atoms with Gasteiger partial charge in [-0.05, 0) is 89.6 Å². The molecule has 0 aliphatic carbocycles. The topological polar surface area (TPSA) is 34.1 Å². The Bertz CT molecular complexity index is 1850. The van der Waals surface area contributed by atoms with Crippen molar-refractivity contribution in [3.8, 4) is 0 Å². The van der Waals surface area contributed by atoms with E-state index in [0.717, 1.165) is 39.1 Å². The van der Waals surface area contributed by atoms with E-state index < -0.39 is 0 Å². The molecule has 4 aromatic rings. The molecule has 0 fully saturated rings. The first kappa shape index (κ1) is 42.4. The van der Waals surface area contributed by atoms with Gasteiger partial charge in [-0.2, -0.15) is 0 Å². The molecule has 50 heavy (non-hydrogen) atoms. The molecule has 0 spiro atoms. The summed E-state index contributed by atoms with van der Waals surface area (Å²) in [5.74, 6) is -0.638. The van der Waals surface area contributed by atoms with E-state index in [4.69, 9.17) is 0 Å². The largest absolute Gasteiger partial charge is 0.294 e. The van der Waals surface area contributed by atoms with Gasteiger partial charge in [0.05, 0.1) is 5.57 Å². The molecule has 4 aromatic carbocycles. The molecule has 0 bridgehead atoms. The minimum absolute atomic E-state index is 0.125. The zero-order chi connectivity index (χ0) is 37.5. The van der Waals surface area contributed by atoms with Crippen LogP contribution in [-0.4, -0.2) is 11.6 Å². The van der Waals surface area contributed by atoms with Gasteiger partial charge >= 0.3 is 0 Å². The number of aryl methyl sites for hydroxylation is 2. The highest BCUT2D eigenvalue weighted by molar-refractivity contribution is 6.30. The second-order valence-electron chi connectivity index (χ2n) is 11.0. The van der Waals surface area contributed by atoms with Gasteiger partial charge in [0.2, 0.25) is 0 Å². The zero-order valence-corrected chi connectivity index (χ0v) is 31.0. The first-order chi connectivity index (χ1) is 24.2. The molecule has 2 heteroatoms. The van der Waals surface area contributed by atoms with E-state index in [0.29, 0.717) is 12.0 Å². The van der Waals surface area contributed by atoms with Gasteiger partial charge in [0.25, 0.3) is 0 Å². The van der Waals surface area contributed by atoms with E-state index in [9.17, 15) is 9.59 Å². The zero-order valence-electron chi connectivity index (χ0n) is 31.0. The third-order valence-electron chi connectivity index (χ3n) is 7.64. The second-order valence-corrected chi connectivity index (χ2v) is 11.0. The van der Waals surface area contributed by atoms with E-state index in [1.807, 2.05) is 80.6 Å². The molecule has 0 atom stereocenters. The van der Waals surface area contributed by atoms with Gasteiger partial charge < -0.3 is 0 Å². The number of fused-ring (bicyclic) bond motifs is 2. The molecule has 0 aromatic heterocycles. The average Bonchev–Trinajstić information content (AvgIpc) is 3.14. The number of hydrogen-bond donors (Lipinski definition) is 0. The molecule has 0 aliphatic heterocycles. The fraction of sp³-hybridized carbons (Fsp3) is 0.167. The van der Waals surface area contributed by atoms with E-state index in [1.165, 1.54) is 23.6 Å². The average molecular weight is 663 g/mol. The lowest BCUT2D eigenvalue weighted by Gasteiger charge is -2.14. The number of ketones is 2. The smallest absolute Gasteiger partial charge is 0.196 e. The summed E-state index contributed by atoms with van der Waals surface area (Å²) in [6.45, 7) is 30.2. The van der Waals surface area contributed by atoms with Crippen LogP contribution in [0.25, 0.3) is 27.6 Å². The minimum Gasteiger partial charge on any atom is -0.294 e. The Balaban J connectivity index is 0.000000602. The van der Waals surface area contributed by atoms with Crippen LogP contribution in [-0.2, 0) is 9.59 Å². The minimum atomic E-state index is -0.348. The maximum Gasteiger partial charge on any atom is 0.196 e. The van der Waals surface area contributed by atoms with Gasteiger partial charge in [-0.25, -0.2) is 0 Å². The molecule has 0 N–H and O–H groups in total. The van der Waals surface area contributed by atoms with Crippen molar-refractivity contribution < 1.29 is 9.59 Å². The van der Waals surface area contributed by atoms with Gasteiger partial charge in [0.15, 0.2) is 11.6 Å². The lowest BCUT2D eigenvalue weighted by molar-refractivity contribution is -0.118. The van der Waals surface area contributed by atoms with Crippen LogP contribution in [0.1, 0.15) is 57.2 Å². The fourth-order valence-corrected chi connectivity index (χ4v) is 5.06. The number of hydrogen-bond acceptors (Lipinski definition) is 2. The van der Waals surface area contributed by atoms with Crippen molar-refractivity contribution in [1.82, 2.24) is 0 Å². The van der Waals surface area contributed by atoms with Crippen LogP contribution in [0.15, 0.2) is 183 Å². The lowest BCUT2D eigenvalue weighted by atomic mass is 9.89. The van der Waals surface area contributed by atoms with E-state index in [2.05, 4.69) is 77.9 Å². The van der Waals surface area contributed by atoms with Gasteiger partial charge in [-0.15, -0.1) is 6.58 Å². The van der Waals surface area contributed by atoms with Gasteiger partial charge in [-0.3, -0.25) is 9.59 Å². The molecule has 0 radical (unpaired) electrons. The van der Waals surface area contributed by atoms with Crippen molar-refractivity contribution >= 4 is 39.2 Å². The molecule has 0 saturated heterocycles. The first-order valence-electron chi connectivity index (χ1n) is 17.1.